The van der Waals surface area contributed by atoms with E-state index in [9.17, 15) is 4.39 Å². The van der Waals surface area contributed by atoms with E-state index in [0.29, 0.717) is 12.1 Å². The number of benzene rings is 2. The van der Waals surface area contributed by atoms with Gasteiger partial charge >= 0.3 is 0 Å². The van der Waals surface area contributed by atoms with Gasteiger partial charge in [-0.05, 0) is 48.7 Å². The van der Waals surface area contributed by atoms with E-state index in [0.717, 1.165) is 35.6 Å². The van der Waals surface area contributed by atoms with Gasteiger partial charge in [0.1, 0.15) is 23.2 Å². The normalized spacial score (nSPS) is 16.5. The molecule has 2 aromatic carbocycles. The number of methoxy groups -OCH3 is 1. The van der Waals surface area contributed by atoms with Crippen LogP contribution >= 0.6 is 0 Å². The summed E-state index contributed by atoms with van der Waals surface area (Å²) in [5, 5.41) is 3.56. The Hall–Kier alpha value is -3.65. The molecule has 0 spiro atoms. The smallest absolute Gasteiger partial charge is 0.134 e. The van der Waals surface area contributed by atoms with Crippen molar-refractivity contribution >= 4 is 22.9 Å². The van der Waals surface area contributed by atoms with Crippen molar-refractivity contribution in [1.29, 1.82) is 0 Å². The minimum Gasteiger partial charge on any atom is -0.497 e. The van der Waals surface area contributed by atoms with Crippen LogP contribution < -0.4 is 21.5 Å². The van der Waals surface area contributed by atoms with Gasteiger partial charge in [-0.3, -0.25) is 0 Å². The highest BCUT2D eigenvalue weighted by Gasteiger charge is 2.27. The summed E-state index contributed by atoms with van der Waals surface area (Å²) in [7, 11) is 1.67. The zero-order valence-electron chi connectivity index (χ0n) is 18.2. The van der Waals surface area contributed by atoms with Gasteiger partial charge in [0.15, 0.2) is 0 Å². The van der Waals surface area contributed by atoms with Crippen LogP contribution in [0.2, 0.25) is 0 Å². The second-order valence-corrected chi connectivity index (χ2v) is 7.63. The van der Waals surface area contributed by atoms with Crippen LogP contribution in [0.5, 0.6) is 5.75 Å². The van der Waals surface area contributed by atoms with Crippen LogP contribution in [-0.2, 0) is 13.0 Å². The van der Waals surface area contributed by atoms with Crippen molar-refractivity contribution in [2.24, 2.45) is 16.5 Å². The molecule has 1 aliphatic heterocycles. The monoisotopic (exact) mass is 434 g/mol. The van der Waals surface area contributed by atoms with Crippen molar-refractivity contribution in [3.63, 3.8) is 0 Å². The molecule has 32 heavy (non-hydrogen) atoms. The molecule has 1 unspecified atom stereocenters. The Labute approximate surface area is 186 Å². The lowest BCUT2D eigenvalue weighted by molar-refractivity contribution is 0.412. The molecule has 8 heteroatoms. The largest absolute Gasteiger partial charge is 0.497 e. The number of nitrogens with one attached hydrogen (secondary N) is 1. The summed E-state index contributed by atoms with van der Waals surface area (Å²) in [4.78, 5) is 8.67. The van der Waals surface area contributed by atoms with E-state index in [1.807, 2.05) is 13.0 Å². The number of halogens is 1. The molecule has 0 saturated heterocycles. The first-order valence-corrected chi connectivity index (χ1v) is 10.5. The van der Waals surface area contributed by atoms with Crippen molar-refractivity contribution in [1.82, 2.24) is 14.9 Å². The second kappa shape index (κ2) is 8.84. The molecule has 1 aliphatic rings. The van der Waals surface area contributed by atoms with Crippen molar-refractivity contribution in [2.45, 2.75) is 25.9 Å². The highest BCUT2D eigenvalue weighted by Crippen LogP contribution is 2.33. The van der Waals surface area contributed by atoms with Crippen LogP contribution in [0.4, 0.5) is 4.39 Å². The van der Waals surface area contributed by atoms with Crippen molar-refractivity contribution in [3.05, 3.63) is 77.1 Å². The van der Waals surface area contributed by atoms with Gasteiger partial charge in [-0.15, -0.1) is 0 Å². The van der Waals surface area contributed by atoms with E-state index in [1.165, 1.54) is 23.9 Å². The van der Waals surface area contributed by atoms with E-state index in [4.69, 9.17) is 21.2 Å². The topological polar surface area (TPSA) is 103 Å². The highest BCUT2D eigenvalue weighted by atomic mass is 19.1. The molecule has 0 aliphatic carbocycles. The summed E-state index contributed by atoms with van der Waals surface area (Å²) in [5.41, 5.74) is 15.8. The number of rotatable bonds is 6. The van der Waals surface area contributed by atoms with E-state index in [1.54, 1.807) is 13.2 Å². The van der Waals surface area contributed by atoms with Gasteiger partial charge in [-0.2, -0.15) is 0 Å². The van der Waals surface area contributed by atoms with Gasteiger partial charge < -0.3 is 26.1 Å². The quantitative estimate of drug-likeness (QED) is 0.517. The molecule has 1 atom stereocenters. The van der Waals surface area contributed by atoms with Crippen molar-refractivity contribution < 1.29 is 9.13 Å². The first-order chi connectivity index (χ1) is 15.4. The fraction of sp³-hybridized carbons (Fsp3) is 0.250. The second-order valence-electron chi connectivity index (χ2n) is 7.63. The maximum Gasteiger partial charge on any atom is 0.134 e. The van der Waals surface area contributed by atoms with Crippen LogP contribution in [0.15, 0.2) is 53.8 Å². The molecular formula is C24H27FN6O. The molecule has 0 radical (unpaired) electrons. The molecule has 3 aromatic rings. The van der Waals surface area contributed by atoms with Gasteiger partial charge in [0, 0.05) is 36.6 Å². The van der Waals surface area contributed by atoms with Gasteiger partial charge in [0.05, 0.1) is 24.2 Å². The molecule has 0 saturated carbocycles. The van der Waals surface area contributed by atoms with E-state index in [-0.39, 0.29) is 23.1 Å². The van der Waals surface area contributed by atoms with Gasteiger partial charge in [0.25, 0.3) is 0 Å². The average Bonchev–Trinajstić information content (AvgIpc) is 3.14. The lowest BCUT2D eigenvalue weighted by Gasteiger charge is -2.27. The SMILES string of the molecule is C=C(N)N=C/C=C(\N)c1cc2c(cc1F)nc(C1NCCc3cc(OC)ccc31)n2CC. The molecule has 4 rings (SSSR count). The number of ether oxygens (including phenoxy) is 1. The van der Waals surface area contributed by atoms with Crippen LogP contribution in [0.3, 0.4) is 0 Å². The van der Waals surface area contributed by atoms with Gasteiger partial charge in [-0.1, -0.05) is 12.6 Å². The fourth-order valence-corrected chi connectivity index (χ4v) is 4.14. The number of fused-ring (bicyclic) bond motifs is 2. The fourth-order valence-electron chi connectivity index (χ4n) is 4.14. The summed E-state index contributed by atoms with van der Waals surface area (Å²) in [5.74, 6) is 1.38. The molecule has 0 fully saturated rings. The number of hydrogen-bond acceptors (Lipinski definition) is 6. The standard InChI is InChI=1S/C24H27FN6O/c1-4-31-22-12-18(20(27)8-10-28-14(2)26)19(25)13-21(22)30-24(31)23-17-6-5-16(32-3)11-15(17)7-9-29-23/h5-6,8,10-13,23,29H,2,4,7,9,26-27H2,1,3H3/b20-8-,28-10?. The lowest BCUT2D eigenvalue weighted by atomic mass is 9.93. The molecule has 7 nitrogen and oxygen atoms in total. The zero-order chi connectivity index (χ0) is 22.8. The Bertz CT molecular complexity index is 1240. The number of allylic oxidation sites excluding steroid dienone is 1. The maximum absolute atomic E-state index is 14.9. The highest BCUT2D eigenvalue weighted by molar-refractivity contribution is 5.87. The minimum atomic E-state index is -0.444. The number of hydrogen-bond donors (Lipinski definition) is 3. The average molecular weight is 435 g/mol. The lowest BCUT2D eigenvalue weighted by Crippen LogP contribution is -2.32. The zero-order valence-corrected chi connectivity index (χ0v) is 18.2. The summed E-state index contributed by atoms with van der Waals surface area (Å²) in [6.07, 6.45) is 3.81. The first kappa shape index (κ1) is 21.6. The van der Waals surface area contributed by atoms with Crippen molar-refractivity contribution in [2.75, 3.05) is 13.7 Å². The predicted molar refractivity (Wildman–Crippen MR) is 126 cm³/mol. The molecule has 1 aromatic heterocycles. The minimum absolute atomic E-state index is 0.0980. The molecule has 166 valence electrons. The van der Waals surface area contributed by atoms with E-state index < -0.39 is 5.82 Å². The number of nitrogens with two attached hydrogens (primary N) is 2. The molecular weight excluding hydrogens is 407 g/mol. The Morgan fingerprint density at radius 3 is 2.91 bits per heavy atom. The Morgan fingerprint density at radius 2 is 2.19 bits per heavy atom. The number of aromatic nitrogens is 2. The predicted octanol–water partition coefficient (Wildman–Crippen LogP) is 3.24. The summed E-state index contributed by atoms with van der Waals surface area (Å²) < 4.78 is 22.4. The summed E-state index contributed by atoms with van der Waals surface area (Å²) >= 11 is 0. The van der Waals surface area contributed by atoms with Crippen LogP contribution in [0, 0.1) is 5.82 Å². The van der Waals surface area contributed by atoms with E-state index >= 15 is 0 Å². The summed E-state index contributed by atoms with van der Waals surface area (Å²) in [6.45, 7) is 7.03. The Balaban J connectivity index is 1.81. The first-order valence-electron chi connectivity index (χ1n) is 10.5. The number of nitrogens with zero attached hydrogens (tertiary/aromatic N) is 3. The van der Waals surface area contributed by atoms with Crippen LogP contribution in [0.1, 0.15) is 35.5 Å². The summed E-state index contributed by atoms with van der Waals surface area (Å²) in [6, 6.07) is 9.17. The molecule has 5 N–H and O–H groups in total. The van der Waals surface area contributed by atoms with Gasteiger partial charge in [-0.25, -0.2) is 14.4 Å². The number of aryl methyl sites for hydroxylation is 1. The number of imidazole rings is 1. The van der Waals surface area contributed by atoms with Crippen LogP contribution in [-0.4, -0.2) is 29.4 Å². The van der Waals surface area contributed by atoms with Gasteiger partial charge in [0.2, 0.25) is 0 Å². The van der Waals surface area contributed by atoms with Crippen LogP contribution in [0.25, 0.3) is 16.7 Å². The van der Waals surface area contributed by atoms with Crippen molar-refractivity contribution in [3.8, 4) is 5.75 Å². The molecule has 2 heterocycles. The molecule has 0 bridgehead atoms. The Morgan fingerprint density at radius 1 is 1.38 bits per heavy atom. The Kier molecular flexibility index (Phi) is 5.96. The third-order valence-electron chi connectivity index (χ3n) is 5.65. The number of aliphatic imine (C=N–C) groups is 1. The van der Waals surface area contributed by atoms with E-state index in [2.05, 4.69) is 33.6 Å². The molecule has 0 amide bonds. The maximum atomic E-state index is 14.9. The third kappa shape index (κ3) is 3.97. The third-order valence-corrected chi connectivity index (χ3v) is 5.65.